The molecule has 1 aromatic heterocycles. The van der Waals surface area contributed by atoms with Crippen LogP contribution in [-0.4, -0.2) is 24.6 Å². The molecule has 0 aromatic carbocycles. The van der Waals surface area contributed by atoms with E-state index in [4.69, 9.17) is 5.73 Å². The summed E-state index contributed by atoms with van der Waals surface area (Å²) >= 11 is 0. The Bertz CT molecular complexity index is 337. The zero-order chi connectivity index (χ0) is 10.6. The summed E-state index contributed by atoms with van der Waals surface area (Å²) in [5.41, 5.74) is 7.59. The third-order valence-corrected chi connectivity index (χ3v) is 1.84. The Hall–Kier alpha value is -1.42. The highest BCUT2D eigenvalue weighted by atomic mass is 16.5. The van der Waals surface area contributed by atoms with Gasteiger partial charge in [0.25, 0.3) is 0 Å². The highest BCUT2D eigenvalue weighted by Gasteiger charge is 2.08. The Balaban J connectivity index is 3.00. The number of esters is 1. The molecule has 0 aliphatic carbocycles. The third-order valence-electron chi connectivity index (χ3n) is 1.84. The summed E-state index contributed by atoms with van der Waals surface area (Å²) in [7, 11) is 1.34. The SMILES string of the molecule is COC(=O)c1cc(CCN)cc(C)n1. The average Bonchev–Trinajstić information content (AvgIpc) is 2.16. The number of carbonyl (C=O) groups excluding carboxylic acids is 1. The van der Waals surface area contributed by atoms with Crippen molar-refractivity contribution >= 4 is 5.97 Å². The van der Waals surface area contributed by atoms with Gasteiger partial charge in [0.05, 0.1) is 7.11 Å². The summed E-state index contributed by atoms with van der Waals surface area (Å²) in [6, 6.07) is 3.63. The lowest BCUT2D eigenvalue weighted by Crippen LogP contribution is -2.08. The number of pyridine rings is 1. The monoisotopic (exact) mass is 194 g/mol. The van der Waals surface area contributed by atoms with Crippen molar-refractivity contribution in [1.29, 1.82) is 0 Å². The van der Waals surface area contributed by atoms with Crippen LogP contribution in [0.15, 0.2) is 12.1 Å². The quantitative estimate of drug-likeness (QED) is 0.718. The molecule has 1 heterocycles. The fraction of sp³-hybridized carbons (Fsp3) is 0.400. The minimum absolute atomic E-state index is 0.343. The van der Waals surface area contributed by atoms with Gasteiger partial charge in [-0.2, -0.15) is 0 Å². The van der Waals surface area contributed by atoms with E-state index in [1.807, 2.05) is 13.0 Å². The van der Waals surface area contributed by atoms with Crippen molar-refractivity contribution in [3.63, 3.8) is 0 Å². The van der Waals surface area contributed by atoms with Crippen LogP contribution in [0.4, 0.5) is 0 Å². The van der Waals surface area contributed by atoms with Crippen LogP contribution in [0.3, 0.4) is 0 Å². The Morgan fingerprint density at radius 3 is 2.86 bits per heavy atom. The summed E-state index contributed by atoms with van der Waals surface area (Å²) in [6.45, 7) is 2.40. The summed E-state index contributed by atoms with van der Waals surface area (Å²) in [4.78, 5) is 15.3. The topological polar surface area (TPSA) is 65.2 Å². The Morgan fingerprint density at radius 1 is 1.57 bits per heavy atom. The second-order valence-corrected chi connectivity index (χ2v) is 3.03. The lowest BCUT2D eigenvalue weighted by Gasteiger charge is -2.04. The van der Waals surface area contributed by atoms with Crippen LogP contribution >= 0.6 is 0 Å². The summed E-state index contributed by atoms with van der Waals surface area (Å²) in [6.07, 6.45) is 0.743. The van der Waals surface area contributed by atoms with Gasteiger partial charge in [-0.05, 0) is 37.6 Å². The average molecular weight is 194 g/mol. The van der Waals surface area contributed by atoms with Crippen molar-refractivity contribution in [2.45, 2.75) is 13.3 Å². The van der Waals surface area contributed by atoms with E-state index in [0.29, 0.717) is 12.2 Å². The fourth-order valence-electron chi connectivity index (χ4n) is 1.26. The van der Waals surface area contributed by atoms with E-state index >= 15 is 0 Å². The number of hydrogen-bond donors (Lipinski definition) is 1. The van der Waals surface area contributed by atoms with Gasteiger partial charge in [0, 0.05) is 5.69 Å². The maximum absolute atomic E-state index is 11.2. The number of nitrogens with two attached hydrogens (primary N) is 1. The van der Waals surface area contributed by atoms with Crippen LogP contribution in [0.25, 0.3) is 0 Å². The van der Waals surface area contributed by atoms with Gasteiger partial charge in [0.1, 0.15) is 5.69 Å². The number of hydrogen-bond acceptors (Lipinski definition) is 4. The molecule has 0 aliphatic heterocycles. The molecule has 0 amide bonds. The number of rotatable bonds is 3. The van der Waals surface area contributed by atoms with Gasteiger partial charge in [-0.1, -0.05) is 0 Å². The number of methoxy groups -OCH3 is 1. The molecule has 0 aliphatic rings. The second-order valence-electron chi connectivity index (χ2n) is 3.03. The van der Waals surface area contributed by atoms with Gasteiger partial charge >= 0.3 is 5.97 Å². The van der Waals surface area contributed by atoms with Gasteiger partial charge < -0.3 is 10.5 Å². The van der Waals surface area contributed by atoms with Crippen LogP contribution < -0.4 is 5.73 Å². The van der Waals surface area contributed by atoms with Crippen molar-refractivity contribution in [2.75, 3.05) is 13.7 Å². The standard InChI is InChI=1S/C10H14N2O2/c1-7-5-8(3-4-11)6-9(12-7)10(13)14-2/h5-6H,3-4,11H2,1-2H3. The number of aromatic nitrogens is 1. The molecule has 0 bridgehead atoms. The molecular formula is C10H14N2O2. The highest BCUT2D eigenvalue weighted by Crippen LogP contribution is 2.07. The Labute approximate surface area is 83.1 Å². The number of ether oxygens (including phenoxy) is 1. The first-order valence-corrected chi connectivity index (χ1v) is 4.43. The van der Waals surface area contributed by atoms with Crippen LogP contribution in [-0.2, 0) is 11.2 Å². The third kappa shape index (κ3) is 2.53. The minimum atomic E-state index is -0.410. The van der Waals surface area contributed by atoms with Crippen LogP contribution in [0, 0.1) is 6.92 Å². The summed E-state index contributed by atoms with van der Waals surface area (Å²) < 4.78 is 4.59. The molecule has 0 saturated carbocycles. The molecule has 0 unspecified atom stereocenters. The van der Waals surface area contributed by atoms with Crippen LogP contribution in [0.2, 0.25) is 0 Å². The van der Waals surface area contributed by atoms with Gasteiger partial charge in [-0.15, -0.1) is 0 Å². The molecule has 2 N–H and O–H groups in total. The first-order chi connectivity index (χ1) is 6.67. The number of nitrogens with zero attached hydrogens (tertiary/aromatic N) is 1. The largest absolute Gasteiger partial charge is 0.464 e. The van der Waals surface area contributed by atoms with Crippen molar-refractivity contribution in [3.05, 3.63) is 29.1 Å². The van der Waals surface area contributed by atoms with Gasteiger partial charge in [0.15, 0.2) is 0 Å². The fourth-order valence-corrected chi connectivity index (χ4v) is 1.26. The predicted octanol–water partition coefficient (Wildman–Crippen LogP) is 0.678. The van der Waals surface area contributed by atoms with E-state index in [9.17, 15) is 4.79 Å². The lowest BCUT2D eigenvalue weighted by atomic mass is 10.1. The molecule has 76 valence electrons. The van der Waals surface area contributed by atoms with E-state index in [2.05, 4.69) is 9.72 Å². The van der Waals surface area contributed by atoms with Gasteiger partial charge in [0.2, 0.25) is 0 Å². The van der Waals surface area contributed by atoms with E-state index in [1.54, 1.807) is 6.07 Å². The Morgan fingerprint density at radius 2 is 2.29 bits per heavy atom. The van der Waals surface area contributed by atoms with Crippen LogP contribution in [0.5, 0.6) is 0 Å². The molecule has 14 heavy (non-hydrogen) atoms. The molecular weight excluding hydrogens is 180 g/mol. The maximum atomic E-state index is 11.2. The summed E-state index contributed by atoms with van der Waals surface area (Å²) in [5, 5.41) is 0. The van der Waals surface area contributed by atoms with Crippen LogP contribution in [0.1, 0.15) is 21.7 Å². The smallest absolute Gasteiger partial charge is 0.356 e. The van der Waals surface area contributed by atoms with E-state index in [1.165, 1.54) is 7.11 Å². The molecule has 0 radical (unpaired) electrons. The molecule has 0 saturated heterocycles. The first kappa shape index (κ1) is 10.7. The summed E-state index contributed by atoms with van der Waals surface area (Å²) in [5.74, 6) is -0.410. The molecule has 0 spiro atoms. The van der Waals surface area contributed by atoms with E-state index < -0.39 is 5.97 Å². The zero-order valence-corrected chi connectivity index (χ0v) is 8.41. The van der Waals surface area contributed by atoms with Gasteiger partial charge in [-0.25, -0.2) is 9.78 Å². The predicted molar refractivity (Wildman–Crippen MR) is 53.1 cm³/mol. The lowest BCUT2D eigenvalue weighted by molar-refractivity contribution is 0.0593. The minimum Gasteiger partial charge on any atom is -0.464 e. The van der Waals surface area contributed by atoms with Crippen molar-refractivity contribution < 1.29 is 9.53 Å². The normalized spacial score (nSPS) is 9.93. The first-order valence-electron chi connectivity index (χ1n) is 4.43. The van der Waals surface area contributed by atoms with E-state index in [0.717, 1.165) is 17.7 Å². The van der Waals surface area contributed by atoms with Crippen molar-refractivity contribution in [1.82, 2.24) is 4.98 Å². The molecule has 1 aromatic rings. The Kier molecular flexibility index (Phi) is 3.59. The van der Waals surface area contributed by atoms with E-state index in [-0.39, 0.29) is 0 Å². The molecule has 4 nitrogen and oxygen atoms in total. The molecule has 0 atom stereocenters. The molecule has 0 fully saturated rings. The number of aryl methyl sites for hydroxylation is 1. The van der Waals surface area contributed by atoms with Crippen molar-refractivity contribution in [2.24, 2.45) is 5.73 Å². The maximum Gasteiger partial charge on any atom is 0.356 e. The molecule has 1 rings (SSSR count). The number of carbonyl (C=O) groups is 1. The molecule has 4 heteroatoms. The zero-order valence-electron chi connectivity index (χ0n) is 8.41. The highest BCUT2D eigenvalue weighted by molar-refractivity contribution is 5.87. The second kappa shape index (κ2) is 4.72. The van der Waals surface area contributed by atoms with Crippen molar-refractivity contribution in [3.8, 4) is 0 Å². The van der Waals surface area contributed by atoms with Gasteiger partial charge in [-0.3, -0.25) is 0 Å².